The summed E-state index contributed by atoms with van der Waals surface area (Å²) in [7, 11) is -3.41. The molecule has 0 unspecified atom stereocenters. The molecule has 3 rings (SSSR count). The Morgan fingerprint density at radius 2 is 2.05 bits per heavy atom. The molecule has 0 aliphatic carbocycles. The van der Waals surface area contributed by atoms with Gasteiger partial charge in [-0.3, -0.25) is 0 Å². The number of rotatable bonds is 3. The minimum Gasteiger partial charge on any atom is -0.396 e. The Morgan fingerprint density at radius 3 is 2.76 bits per heavy atom. The number of hydrogen-bond donors (Lipinski definition) is 2. The van der Waals surface area contributed by atoms with Crippen molar-refractivity contribution in [2.45, 2.75) is 30.7 Å². The quantitative estimate of drug-likeness (QED) is 0.863. The molecule has 0 saturated carbocycles. The maximum Gasteiger partial charge on any atom is 0.243 e. The molecule has 2 N–H and O–H groups in total. The zero-order valence-electron chi connectivity index (χ0n) is 12.1. The predicted octanol–water partition coefficient (Wildman–Crippen LogP) is 0.725. The third-order valence-corrected chi connectivity index (χ3v) is 6.53. The van der Waals surface area contributed by atoms with Gasteiger partial charge in [0, 0.05) is 26.2 Å². The summed E-state index contributed by atoms with van der Waals surface area (Å²) in [4.78, 5) is 0.476. The van der Waals surface area contributed by atoms with Gasteiger partial charge in [0.15, 0.2) is 0 Å². The van der Waals surface area contributed by atoms with Gasteiger partial charge in [-0.05, 0) is 48.9 Å². The Hall–Kier alpha value is -0.950. The summed E-state index contributed by atoms with van der Waals surface area (Å²) < 4.78 is 27.4. The number of nitrogens with zero attached hydrogens (tertiary/aromatic N) is 1. The fraction of sp³-hybridized carbons (Fsp3) is 0.600. The normalized spacial score (nSPS) is 21.2. The topological polar surface area (TPSA) is 69.6 Å². The molecule has 6 heteroatoms. The lowest BCUT2D eigenvalue weighted by atomic mass is 10.00. The van der Waals surface area contributed by atoms with Crippen molar-refractivity contribution in [1.82, 2.24) is 9.62 Å². The highest BCUT2D eigenvalue weighted by Crippen LogP contribution is 2.28. The zero-order valence-corrected chi connectivity index (χ0v) is 12.9. The Kier molecular flexibility index (Phi) is 4.31. The number of sulfonamides is 1. The third kappa shape index (κ3) is 2.85. The smallest absolute Gasteiger partial charge is 0.243 e. The maximum atomic E-state index is 12.9. The number of hydrogen-bond acceptors (Lipinski definition) is 4. The van der Waals surface area contributed by atoms with Gasteiger partial charge in [0.2, 0.25) is 10.0 Å². The average molecular weight is 310 g/mol. The van der Waals surface area contributed by atoms with Crippen molar-refractivity contribution in [2.24, 2.45) is 5.92 Å². The average Bonchev–Trinajstić information content (AvgIpc) is 2.54. The van der Waals surface area contributed by atoms with Crippen LogP contribution in [0.25, 0.3) is 0 Å². The fourth-order valence-electron chi connectivity index (χ4n) is 3.21. The van der Waals surface area contributed by atoms with Gasteiger partial charge >= 0.3 is 0 Å². The molecular weight excluding hydrogens is 288 g/mol. The molecule has 0 spiro atoms. The summed E-state index contributed by atoms with van der Waals surface area (Å²) in [5.41, 5.74) is 2.06. The number of fused-ring (bicyclic) bond motifs is 1. The van der Waals surface area contributed by atoms with Crippen LogP contribution in [0.1, 0.15) is 24.0 Å². The van der Waals surface area contributed by atoms with E-state index in [1.165, 1.54) is 0 Å². The van der Waals surface area contributed by atoms with E-state index < -0.39 is 10.0 Å². The highest BCUT2D eigenvalue weighted by Gasteiger charge is 2.31. The summed E-state index contributed by atoms with van der Waals surface area (Å²) in [6.07, 6.45) is 2.25. The number of nitrogens with one attached hydrogen (secondary N) is 1. The molecule has 2 aliphatic rings. The van der Waals surface area contributed by atoms with Crippen molar-refractivity contribution < 1.29 is 13.5 Å². The molecule has 116 valence electrons. The zero-order chi connectivity index (χ0) is 14.9. The van der Waals surface area contributed by atoms with Crippen LogP contribution in [-0.4, -0.2) is 44.1 Å². The third-order valence-electron chi connectivity index (χ3n) is 4.55. The van der Waals surface area contributed by atoms with E-state index in [0.717, 1.165) is 43.5 Å². The molecule has 2 heterocycles. The first kappa shape index (κ1) is 15.0. The molecule has 2 aliphatic heterocycles. The fourth-order valence-corrected chi connectivity index (χ4v) is 4.97. The Bertz CT molecular complexity index is 607. The second kappa shape index (κ2) is 6.04. The Balaban J connectivity index is 1.89. The Morgan fingerprint density at radius 1 is 1.29 bits per heavy atom. The summed E-state index contributed by atoms with van der Waals surface area (Å²) in [6.45, 7) is 2.74. The van der Waals surface area contributed by atoms with Gasteiger partial charge in [-0.15, -0.1) is 0 Å². The van der Waals surface area contributed by atoms with Crippen LogP contribution in [0.5, 0.6) is 0 Å². The number of aliphatic hydroxyl groups excluding tert-OH is 1. The molecule has 0 aromatic heterocycles. The predicted molar refractivity (Wildman–Crippen MR) is 80.4 cm³/mol. The lowest BCUT2D eigenvalue weighted by Gasteiger charge is -2.31. The first-order valence-corrected chi connectivity index (χ1v) is 8.99. The molecule has 1 aromatic carbocycles. The SMILES string of the molecule is O=S(=O)(c1cccc2c1CCNC2)N1CCC(CO)CC1. The number of benzene rings is 1. The lowest BCUT2D eigenvalue weighted by Crippen LogP contribution is -2.40. The van der Waals surface area contributed by atoms with Gasteiger partial charge in [0.1, 0.15) is 0 Å². The summed E-state index contributed by atoms with van der Waals surface area (Å²) >= 11 is 0. The van der Waals surface area contributed by atoms with Crippen molar-refractivity contribution in [1.29, 1.82) is 0 Å². The molecule has 21 heavy (non-hydrogen) atoms. The maximum absolute atomic E-state index is 12.9. The van der Waals surface area contributed by atoms with E-state index in [-0.39, 0.29) is 12.5 Å². The molecule has 0 amide bonds. The van der Waals surface area contributed by atoms with Crippen LogP contribution in [0.4, 0.5) is 0 Å². The van der Waals surface area contributed by atoms with E-state index in [0.29, 0.717) is 18.0 Å². The molecule has 1 fully saturated rings. The van der Waals surface area contributed by atoms with Gasteiger partial charge in [-0.25, -0.2) is 8.42 Å². The largest absolute Gasteiger partial charge is 0.396 e. The second-order valence-corrected chi connectivity index (χ2v) is 7.76. The van der Waals surface area contributed by atoms with Gasteiger partial charge in [-0.2, -0.15) is 4.31 Å². The van der Waals surface area contributed by atoms with E-state index in [4.69, 9.17) is 0 Å². The molecule has 0 bridgehead atoms. The van der Waals surface area contributed by atoms with Crippen molar-refractivity contribution >= 4 is 10.0 Å². The first-order valence-electron chi connectivity index (χ1n) is 7.55. The minimum absolute atomic E-state index is 0.153. The van der Waals surface area contributed by atoms with Crippen LogP contribution in [0, 0.1) is 5.92 Å². The van der Waals surface area contributed by atoms with Crippen molar-refractivity contribution in [2.75, 3.05) is 26.2 Å². The van der Waals surface area contributed by atoms with E-state index in [9.17, 15) is 13.5 Å². The summed E-state index contributed by atoms with van der Waals surface area (Å²) in [6, 6.07) is 5.56. The first-order chi connectivity index (χ1) is 10.1. The van der Waals surface area contributed by atoms with E-state index in [2.05, 4.69) is 5.32 Å². The van der Waals surface area contributed by atoms with Gasteiger partial charge in [-0.1, -0.05) is 12.1 Å². The highest BCUT2D eigenvalue weighted by atomic mass is 32.2. The van der Waals surface area contributed by atoms with Gasteiger partial charge < -0.3 is 10.4 Å². The van der Waals surface area contributed by atoms with Crippen LogP contribution in [0.15, 0.2) is 23.1 Å². The van der Waals surface area contributed by atoms with Crippen LogP contribution in [0.2, 0.25) is 0 Å². The monoisotopic (exact) mass is 310 g/mol. The number of aliphatic hydroxyl groups is 1. The summed E-state index contributed by atoms with van der Waals surface area (Å²) in [5.74, 6) is 0.241. The minimum atomic E-state index is -3.41. The molecule has 0 atom stereocenters. The molecular formula is C15H22N2O3S. The van der Waals surface area contributed by atoms with Crippen LogP contribution in [0.3, 0.4) is 0 Å². The van der Waals surface area contributed by atoms with Gasteiger partial charge in [0.05, 0.1) is 4.90 Å². The van der Waals surface area contributed by atoms with Crippen LogP contribution >= 0.6 is 0 Å². The van der Waals surface area contributed by atoms with Crippen molar-refractivity contribution in [3.8, 4) is 0 Å². The molecule has 5 nitrogen and oxygen atoms in total. The van der Waals surface area contributed by atoms with E-state index in [1.807, 2.05) is 12.1 Å². The van der Waals surface area contributed by atoms with Crippen LogP contribution in [-0.2, 0) is 23.0 Å². The van der Waals surface area contributed by atoms with Crippen molar-refractivity contribution in [3.63, 3.8) is 0 Å². The lowest BCUT2D eigenvalue weighted by molar-refractivity contribution is 0.170. The molecule has 1 aromatic rings. The second-order valence-electron chi connectivity index (χ2n) is 5.85. The van der Waals surface area contributed by atoms with E-state index in [1.54, 1.807) is 10.4 Å². The summed E-state index contributed by atoms with van der Waals surface area (Å²) in [5, 5.41) is 12.5. The Labute approximate surface area is 126 Å². The van der Waals surface area contributed by atoms with Gasteiger partial charge in [0.25, 0.3) is 0 Å². The number of piperidine rings is 1. The standard InChI is InChI=1S/C15H22N2O3S/c18-11-12-5-8-17(9-6-12)21(19,20)15-3-1-2-13-10-16-7-4-14(13)15/h1-3,12,16,18H,4-11H2. The molecule has 0 radical (unpaired) electrons. The molecule has 1 saturated heterocycles. The van der Waals surface area contributed by atoms with Crippen LogP contribution < -0.4 is 5.32 Å². The van der Waals surface area contributed by atoms with Crippen molar-refractivity contribution in [3.05, 3.63) is 29.3 Å². The highest BCUT2D eigenvalue weighted by molar-refractivity contribution is 7.89. The van der Waals surface area contributed by atoms with E-state index >= 15 is 0 Å².